The van der Waals surface area contributed by atoms with E-state index in [0.717, 1.165) is 24.3 Å². The highest BCUT2D eigenvalue weighted by Gasteiger charge is 2.11. The van der Waals surface area contributed by atoms with Crippen LogP contribution in [-0.4, -0.2) is 25.2 Å². The number of benzene rings is 4. The minimum atomic E-state index is -0.447. The molecule has 0 radical (unpaired) electrons. The Morgan fingerprint density at radius 1 is 0.358 bits per heavy atom. The number of unbranched alkanes of at least 4 members (excludes halogenated alkanes) is 14. The normalized spacial score (nSPS) is 10.8. The van der Waals surface area contributed by atoms with Crippen molar-refractivity contribution in [2.75, 3.05) is 13.2 Å². The van der Waals surface area contributed by atoms with Crippen LogP contribution < -0.4 is 23.7 Å². The number of hydrogen-bond acceptors (Lipinski definition) is 7. The predicted molar refractivity (Wildman–Crippen MR) is 212 cm³/mol. The molecule has 0 amide bonds. The molecule has 4 aromatic carbocycles. The second kappa shape index (κ2) is 24.5. The number of hydrogen-bond donors (Lipinski definition) is 0. The number of esters is 2. The zero-order valence-corrected chi connectivity index (χ0v) is 31.8. The van der Waals surface area contributed by atoms with Gasteiger partial charge in [0.15, 0.2) is 0 Å². The predicted octanol–water partition coefficient (Wildman–Crippen LogP) is 13.0. The van der Waals surface area contributed by atoms with Gasteiger partial charge in [-0.1, -0.05) is 104 Å². The van der Waals surface area contributed by atoms with Crippen molar-refractivity contribution in [3.63, 3.8) is 0 Å². The molecule has 7 heteroatoms. The van der Waals surface area contributed by atoms with Gasteiger partial charge in [0.05, 0.1) is 24.3 Å². The van der Waals surface area contributed by atoms with Gasteiger partial charge in [0.2, 0.25) is 0 Å². The van der Waals surface area contributed by atoms with E-state index in [1.807, 2.05) is 0 Å². The van der Waals surface area contributed by atoms with Crippen molar-refractivity contribution in [3.05, 3.63) is 108 Å². The van der Waals surface area contributed by atoms with Crippen LogP contribution in [0.3, 0.4) is 0 Å². The van der Waals surface area contributed by atoms with Crippen LogP contribution in [0, 0.1) is 0 Å². The van der Waals surface area contributed by atoms with Gasteiger partial charge in [0, 0.05) is 0 Å². The third kappa shape index (κ3) is 16.2. The van der Waals surface area contributed by atoms with Crippen molar-refractivity contribution in [2.45, 2.75) is 117 Å². The Balaban J connectivity index is 1.12. The first-order valence-corrected chi connectivity index (χ1v) is 19.8. The van der Waals surface area contributed by atoms with Gasteiger partial charge in [0.1, 0.15) is 34.5 Å². The zero-order chi connectivity index (χ0) is 37.4. The molecule has 0 aliphatic carbocycles. The van der Waals surface area contributed by atoms with E-state index >= 15 is 0 Å². The van der Waals surface area contributed by atoms with Crippen LogP contribution in [0.1, 0.15) is 137 Å². The molecule has 0 aromatic heterocycles. The number of carbonyl (C=O) groups excluding carboxylic acids is 2. The molecule has 7 nitrogen and oxygen atoms in total. The van der Waals surface area contributed by atoms with E-state index in [1.54, 1.807) is 97.1 Å². The lowest BCUT2D eigenvalue weighted by atomic mass is 10.1. The molecule has 0 N–H and O–H groups in total. The fourth-order valence-electron chi connectivity index (χ4n) is 5.85. The first kappa shape index (κ1) is 41.0. The molecule has 0 spiro atoms. The topological polar surface area (TPSA) is 80.3 Å². The summed E-state index contributed by atoms with van der Waals surface area (Å²) >= 11 is 0. The highest BCUT2D eigenvalue weighted by molar-refractivity contribution is 5.91. The summed E-state index contributed by atoms with van der Waals surface area (Å²) in [6, 6.07) is 27.7. The van der Waals surface area contributed by atoms with Crippen molar-refractivity contribution >= 4 is 11.9 Å². The molecule has 0 fully saturated rings. The van der Waals surface area contributed by atoms with Gasteiger partial charge < -0.3 is 23.7 Å². The van der Waals surface area contributed by atoms with E-state index in [-0.39, 0.29) is 0 Å². The summed E-state index contributed by atoms with van der Waals surface area (Å²) in [5, 5.41) is 0. The number of rotatable bonds is 26. The molecule has 0 aliphatic rings. The summed E-state index contributed by atoms with van der Waals surface area (Å²) in [7, 11) is 0. The maximum Gasteiger partial charge on any atom is 0.343 e. The van der Waals surface area contributed by atoms with Crippen LogP contribution in [0.15, 0.2) is 97.1 Å². The number of carbonyl (C=O) groups is 2. The van der Waals surface area contributed by atoms with Gasteiger partial charge >= 0.3 is 11.9 Å². The third-order valence-corrected chi connectivity index (χ3v) is 9.02. The first-order valence-electron chi connectivity index (χ1n) is 19.8. The molecule has 0 saturated carbocycles. The second-order valence-electron chi connectivity index (χ2n) is 13.5. The lowest BCUT2D eigenvalue weighted by Gasteiger charge is -2.10. The lowest BCUT2D eigenvalue weighted by molar-refractivity contribution is 0.0725. The van der Waals surface area contributed by atoms with Gasteiger partial charge in [-0.25, -0.2) is 9.59 Å². The Bertz CT molecular complexity index is 1460. The highest BCUT2D eigenvalue weighted by Crippen LogP contribution is 2.27. The van der Waals surface area contributed by atoms with Crippen molar-refractivity contribution < 1.29 is 33.3 Å². The van der Waals surface area contributed by atoms with Crippen molar-refractivity contribution in [1.29, 1.82) is 0 Å². The smallest absolute Gasteiger partial charge is 0.343 e. The van der Waals surface area contributed by atoms with Crippen molar-refractivity contribution in [1.82, 2.24) is 0 Å². The molecule has 0 heterocycles. The highest BCUT2D eigenvalue weighted by atomic mass is 16.5. The summed E-state index contributed by atoms with van der Waals surface area (Å²) in [5.41, 5.74) is 0.891. The Kier molecular flexibility index (Phi) is 18.9. The first-order chi connectivity index (χ1) is 26.0. The minimum Gasteiger partial charge on any atom is -0.494 e. The summed E-state index contributed by atoms with van der Waals surface area (Å²) in [6.07, 6.45) is 20.1. The second-order valence-corrected chi connectivity index (χ2v) is 13.5. The van der Waals surface area contributed by atoms with Gasteiger partial charge in [-0.2, -0.15) is 0 Å². The third-order valence-electron chi connectivity index (χ3n) is 9.02. The molecule has 0 unspecified atom stereocenters. The standard InChI is InChI=1S/C46H58O7/c1-3-5-7-9-11-13-15-17-35-49-39-23-19-37(20-24-39)45(47)52-43-31-27-41(28-32-43)51-42-29-33-44(34-30-42)53-46(48)38-21-25-40(26-22-38)50-36-18-16-14-12-10-8-6-4-2/h19-34H,3-18,35-36H2,1-2H3. The molecule has 0 atom stereocenters. The van der Waals surface area contributed by atoms with Crippen LogP contribution in [0.2, 0.25) is 0 Å². The molecule has 53 heavy (non-hydrogen) atoms. The average Bonchev–Trinajstić information content (AvgIpc) is 3.18. The summed E-state index contributed by atoms with van der Waals surface area (Å²) in [5.74, 6) is 2.54. The van der Waals surface area contributed by atoms with E-state index in [1.165, 1.54) is 89.9 Å². The molecule has 4 rings (SSSR count). The zero-order valence-electron chi connectivity index (χ0n) is 31.8. The van der Waals surface area contributed by atoms with Crippen LogP contribution in [0.5, 0.6) is 34.5 Å². The maximum atomic E-state index is 12.7. The molecular weight excluding hydrogens is 664 g/mol. The molecule has 0 bridgehead atoms. The fraction of sp³-hybridized carbons (Fsp3) is 0.435. The molecule has 4 aromatic rings. The van der Waals surface area contributed by atoms with E-state index < -0.39 is 11.9 Å². The van der Waals surface area contributed by atoms with Gasteiger partial charge in [-0.15, -0.1) is 0 Å². The summed E-state index contributed by atoms with van der Waals surface area (Å²) in [4.78, 5) is 25.4. The van der Waals surface area contributed by atoms with Crippen LogP contribution in [0.25, 0.3) is 0 Å². The Hall–Kier alpha value is -4.78. The van der Waals surface area contributed by atoms with Gasteiger partial charge in [-0.3, -0.25) is 0 Å². The summed E-state index contributed by atoms with van der Waals surface area (Å²) < 4.78 is 28.7. The summed E-state index contributed by atoms with van der Waals surface area (Å²) in [6.45, 7) is 5.83. The van der Waals surface area contributed by atoms with E-state index in [4.69, 9.17) is 23.7 Å². The van der Waals surface area contributed by atoms with Gasteiger partial charge in [0.25, 0.3) is 0 Å². The quantitative estimate of drug-likeness (QED) is 0.0362. The molecular formula is C46H58O7. The number of ether oxygens (including phenoxy) is 5. The van der Waals surface area contributed by atoms with Crippen LogP contribution in [-0.2, 0) is 0 Å². The SMILES string of the molecule is CCCCCCCCCCOc1ccc(C(=O)Oc2ccc(Oc3ccc(OC(=O)c4ccc(OCCCCCCCCCC)cc4)cc3)cc2)cc1. The molecule has 0 aliphatic heterocycles. The van der Waals surface area contributed by atoms with Crippen molar-refractivity contribution in [3.8, 4) is 34.5 Å². The van der Waals surface area contributed by atoms with Crippen LogP contribution in [0.4, 0.5) is 0 Å². The van der Waals surface area contributed by atoms with E-state index in [0.29, 0.717) is 47.3 Å². The Morgan fingerprint density at radius 2 is 0.642 bits per heavy atom. The van der Waals surface area contributed by atoms with Crippen molar-refractivity contribution in [2.24, 2.45) is 0 Å². The molecule has 284 valence electrons. The minimum absolute atomic E-state index is 0.405. The lowest BCUT2D eigenvalue weighted by Crippen LogP contribution is -2.08. The largest absolute Gasteiger partial charge is 0.494 e. The van der Waals surface area contributed by atoms with Gasteiger partial charge in [-0.05, 0) is 110 Å². The Labute approximate surface area is 317 Å². The Morgan fingerprint density at radius 3 is 0.981 bits per heavy atom. The van der Waals surface area contributed by atoms with Crippen LogP contribution >= 0.6 is 0 Å². The molecule has 0 saturated heterocycles. The maximum absolute atomic E-state index is 12.7. The average molecular weight is 723 g/mol. The van der Waals surface area contributed by atoms with E-state index in [9.17, 15) is 9.59 Å². The van der Waals surface area contributed by atoms with E-state index in [2.05, 4.69) is 13.8 Å². The fourth-order valence-corrected chi connectivity index (χ4v) is 5.85. The monoisotopic (exact) mass is 722 g/mol.